The monoisotopic (exact) mass is 300 g/mol. The van der Waals surface area contributed by atoms with Crippen LogP contribution in [0.3, 0.4) is 0 Å². The summed E-state index contributed by atoms with van der Waals surface area (Å²) in [7, 11) is 0. The lowest BCUT2D eigenvalue weighted by molar-refractivity contribution is 0.0659. The van der Waals surface area contributed by atoms with Gasteiger partial charge in [0.1, 0.15) is 5.76 Å². The number of aromatic nitrogens is 2. The summed E-state index contributed by atoms with van der Waals surface area (Å²) >= 11 is 0. The number of hydrogen-bond acceptors (Lipinski definition) is 4. The lowest BCUT2D eigenvalue weighted by Gasteiger charge is -2.12. The molecule has 1 aliphatic rings. The average Bonchev–Trinajstić information content (AvgIpc) is 3.07. The predicted octanol–water partition coefficient (Wildman–Crippen LogP) is 2.72. The summed E-state index contributed by atoms with van der Waals surface area (Å²) in [5, 5.41) is 13.3. The average molecular weight is 300 g/mol. The summed E-state index contributed by atoms with van der Waals surface area (Å²) < 4.78 is 7.11. The van der Waals surface area contributed by atoms with Crippen LogP contribution >= 0.6 is 0 Å². The number of carbonyl (C=O) groups is 2. The van der Waals surface area contributed by atoms with E-state index in [1.165, 1.54) is 0 Å². The molecule has 1 N–H and O–H groups in total. The van der Waals surface area contributed by atoms with E-state index in [-0.39, 0.29) is 11.5 Å². The highest BCUT2D eigenvalue weighted by Gasteiger charge is 2.31. The first-order valence-electron chi connectivity index (χ1n) is 7.14. The third-order valence-corrected chi connectivity index (χ3v) is 3.87. The van der Waals surface area contributed by atoms with Crippen LogP contribution in [0.5, 0.6) is 0 Å². The van der Waals surface area contributed by atoms with E-state index >= 15 is 0 Å². The molecular weight excluding hydrogens is 284 g/mol. The standard InChI is InChI=1S/C16H16N2O4/c1-3-18-8-10(7-17-18)6-11-4-5-12-13(14(11)19)9(2)15(22-12)16(20)21/h6-8H,3-5H2,1-2H3,(H,20,21). The van der Waals surface area contributed by atoms with Crippen LogP contribution in [0, 0.1) is 6.92 Å². The Balaban J connectivity index is 1.99. The van der Waals surface area contributed by atoms with Gasteiger partial charge in [-0.05, 0) is 26.3 Å². The number of carboxylic acids is 1. The van der Waals surface area contributed by atoms with Crippen molar-refractivity contribution in [3.63, 3.8) is 0 Å². The maximum Gasteiger partial charge on any atom is 0.372 e. The number of ketones is 1. The first kappa shape index (κ1) is 14.3. The van der Waals surface area contributed by atoms with Crippen molar-refractivity contribution < 1.29 is 19.1 Å². The van der Waals surface area contributed by atoms with Crippen LogP contribution < -0.4 is 0 Å². The molecule has 6 heteroatoms. The molecule has 2 aromatic rings. The molecule has 0 unspecified atom stereocenters. The Morgan fingerprint density at radius 1 is 1.50 bits per heavy atom. The summed E-state index contributed by atoms with van der Waals surface area (Å²) in [6.07, 6.45) is 6.47. The van der Waals surface area contributed by atoms with Crippen LogP contribution in [0.2, 0.25) is 0 Å². The Bertz CT molecular complexity index is 795. The van der Waals surface area contributed by atoms with E-state index in [2.05, 4.69) is 5.10 Å². The van der Waals surface area contributed by atoms with Crippen LogP contribution in [-0.4, -0.2) is 26.6 Å². The van der Waals surface area contributed by atoms with Gasteiger partial charge in [-0.1, -0.05) is 0 Å². The number of fused-ring (bicyclic) bond motifs is 1. The highest BCUT2D eigenvalue weighted by Crippen LogP contribution is 2.32. The number of carboxylic acid groups (broad SMARTS) is 1. The number of hydrogen-bond donors (Lipinski definition) is 1. The summed E-state index contributed by atoms with van der Waals surface area (Å²) in [4.78, 5) is 23.7. The Morgan fingerprint density at radius 3 is 2.91 bits per heavy atom. The number of furan rings is 1. The number of carbonyl (C=O) groups excluding carboxylic acids is 1. The zero-order valence-electron chi connectivity index (χ0n) is 12.4. The third-order valence-electron chi connectivity index (χ3n) is 3.87. The van der Waals surface area contributed by atoms with Crippen molar-refractivity contribution in [2.45, 2.75) is 33.2 Å². The molecule has 0 fully saturated rings. The second kappa shape index (κ2) is 5.29. The quantitative estimate of drug-likeness (QED) is 0.881. The molecule has 2 heterocycles. The van der Waals surface area contributed by atoms with Crippen molar-refractivity contribution in [2.24, 2.45) is 0 Å². The van der Waals surface area contributed by atoms with Gasteiger partial charge in [-0.15, -0.1) is 0 Å². The van der Waals surface area contributed by atoms with Crippen LogP contribution in [0.4, 0.5) is 0 Å². The number of aryl methyl sites for hydroxylation is 2. The van der Waals surface area contributed by atoms with E-state index in [9.17, 15) is 9.59 Å². The first-order chi connectivity index (χ1) is 10.5. The number of rotatable bonds is 3. The Hall–Kier alpha value is -2.63. The highest BCUT2D eigenvalue weighted by molar-refractivity contribution is 6.14. The predicted molar refractivity (Wildman–Crippen MR) is 78.9 cm³/mol. The second-order valence-corrected chi connectivity index (χ2v) is 5.29. The Labute approximate surface area is 127 Å². The van der Waals surface area contributed by atoms with Gasteiger partial charge >= 0.3 is 5.97 Å². The van der Waals surface area contributed by atoms with Gasteiger partial charge in [-0.25, -0.2) is 4.79 Å². The van der Waals surface area contributed by atoms with Gasteiger partial charge in [0.25, 0.3) is 0 Å². The van der Waals surface area contributed by atoms with E-state index in [0.29, 0.717) is 35.3 Å². The van der Waals surface area contributed by atoms with Crippen molar-refractivity contribution in [1.29, 1.82) is 0 Å². The van der Waals surface area contributed by atoms with E-state index < -0.39 is 5.97 Å². The number of Topliss-reactive ketones (excluding diaryl/α,β-unsaturated/α-hetero) is 1. The van der Waals surface area contributed by atoms with Gasteiger partial charge in [-0.2, -0.15) is 5.10 Å². The minimum atomic E-state index is -1.14. The number of nitrogens with zero attached hydrogens (tertiary/aromatic N) is 2. The molecule has 6 nitrogen and oxygen atoms in total. The highest BCUT2D eigenvalue weighted by atomic mass is 16.4. The second-order valence-electron chi connectivity index (χ2n) is 5.29. The summed E-state index contributed by atoms with van der Waals surface area (Å²) in [6.45, 7) is 4.37. The molecule has 0 saturated heterocycles. The molecule has 2 aromatic heterocycles. The Kier molecular flexibility index (Phi) is 3.44. The van der Waals surface area contributed by atoms with Crippen LogP contribution in [0.15, 0.2) is 22.4 Å². The fourth-order valence-electron chi connectivity index (χ4n) is 2.74. The summed E-state index contributed by atoms with van der Waals surface area (Å²) in [5.41, 5.74) is 2.33. The van der Waals surface area contributed by atoms with E-state index in [4.69, 9.17) is 9.52 Å². The van der Waals surface area contributed by atoms with Crippen molar-refractivity contribution in [3.8, 4) is 0 Å². The molecule has 0 aliphatic heterocycles. The maximum atomic E-state index is 12.6. The van der Waals surface area contributed by atoms with Crippen molar-refractivity contribution >= 4 is 17.8 Å². The normalized spacial score (nSPS) is 16.1. The molecular formula is C16H16N2O4. The molecule has 0 radical (unpaired) electrons. The van der Waals surface area contributed by atoms with Crippen molar-refractivity contribution in [3.05, 3.63) is 46.2 Å². The van der Waals surface area contributed by atoms with Gasteiger partial charge in [0.15, 0.2) is 5.78 Å². The first-order valence-corrected chi connectivity index (χ1v) is 7.14. The maximum absolute atomic E-state index is 12.6. The SMILES string of the molecule is CCn1cc(C=C2CCc3oc(C(=O)O)c(C)c3C2=O)cn1. The smallest absolute Gasteiger partial charge is 0.372 e. The zero-order chi connectivity index (χ0) is 15.9. The van der Waals surface area contributed by atoms with Crippen LogP contribution in [0.1, 0.15) is 51.1 Å². The van der Waals surface area contributed by atoms with E-state index in [1.54, 1.807) is 17.8 Å². The molecule has 0 spiro atoms. The molecule has 1 aliphatic carbocycles. The van der Waals surface area contributed by atoms with E-state index in [0.717, 1.165) is 12.1 Å². The van der Waals surface area contributed by atoms with Crippen LogP contribution in [-0.2, 0) is 13.0 Å². The van der Waals surface area contributed by atoms with Gasteiger partial charge in [0.2, 0.25) is 5.76 Å². The van der Waals surface area contributed by atoms with Crippen LogP contribution in [0.25, 0.3) is 6.08 Å². The summed E-state index contributed by atoms with van der Waals surface area (Å²) in [6, 6.07) is 0. The third kappa shape index (κ3) is 2.26. The molecule has 0 saturated carbocycles. The lowest BCUT2D eigenvalue weighted by atomic mass is 9.88. The molecule has 0 aromatic carbocycles. The molecule has 114 valence electrons. The fraction of sp³-hybridized carbons (Fsp3) is 0.312. The van der Waals surface area contributed by atoms with Gasteiger partial charge in [0.05, 0.1) is 11.8 Å². The van der Waals surface area contributed by atoms with Gasteiger partial charge in [-0.3, -0.25) is 9.48 Å². The molecule has 0 bridgehead atoms. The molecule has 0 amide bonds. The molecule has 3 rings (SSSR count). The lowest BCUT2D eigenvalue weighted by Crippen LogP contribution is -2.13. The fourth-order valence-corrected chi connectivity index (χ4v) is 2.74. The van der Waals surface area contributed by atoms with Gasteiger partial charge < -0.3 is 9.52 Å². The minimum Gasteiger partial charge on any atom is -0.475 e. The largest absolute Gasteiger partial charge is 0.475 e. The van der Waals surface area contributed by atoms with Crippen molar-refractivity contribution in [1.82, 2.24) is 9.78 Å². The zero-order valence-corrected chi connectivity index (χ0v) is 12.4. The summed E-state index contributed by atoms with van der Waals surface area (Å²) in [5.74, 6) is -0.964. The van der Waals surface area contributed by atoms with Gasteiger partial charge in [0, 0.05) is 35.9 Å². The topological polar surface area (TPSA) is 85.3 Å². The number of allylic oxidation sites excluding steroid dienone is 1. The van der Waals surface area contributed by atoms with Crippen molar-refractivity contribution in [2.75, 3.05) is 0 Å². The Morgan fingerprint density at radius 2 is 2.27 bits per heavy atom. The number of aromatic carboxylic acids is 1. The van der Waals surface area contributed by atoms with E-state index in [1.807, 2.05) is 19.2 Å². The molecule has 0 atom stereocenters. The molecule has 22 heavy (non-hydrogen) atoms. The minimum absolute atomic E-state index is 0.140.